The Balaban J connectivity index is 3.49. The topological polar surface area (TPSA) is 12.0 Å². The quantitative estimate of drug-likeness (QED) is 0.825. The molecule has 0 bridgehead atoms. The summed E-state index contributed by atoms with van der Waals surface area (Å²) in [5.74, 6) is 0. The summed E-state index contributed by atoms with van der Waals surface area (Å²) in [4.78, 5) is 0. The van der Waals surface area contributed by atoms with Crippen molar-refractivity contribution in [2.24, 2.45) is 0 Å². The van der Waals surface area contributed by atoms with Crippen LogP contribution in [-0.4, -0.2) is 12.7 Å². The third-order valence-corrected chi connectivity index (χ3v) is 2.87. The molecule has 0 heterocycles. The van der Waals surface area contributed by atoms with Gasteiger partial charge in [-0.05, 0) is 25.1 Å². The third-order valence-electron chi connectivity index (χ3n) is 2.87. The Morgan fingerprint density at radius 1 is 0.947 bits per heavy atom. The monoisotopic (exact) mass is 285 g/mol. The minimum Gasteiger partial charge on any atom is -0.300 e. The Morgan fingerprint density at radius 2 is 1.42 bits per heavy atom. The van der Waals surface area contributed by atoms with E-state index in [1.165, 1.54) is 6.92 Å². The second-order valence-electron chi connectivity index (χ2n) is 4.20. The summed E-state index contributed by atoms with van der Waals surface area (Å²) in [6, 6.07) is 3.72. The van der Waals surface area contributed by atoms with E-state index in [0.29, 0.717) is 13.0 Å². The molecule has 0 spiro atoms. The molecule has 0 aliphatic carbocycles. The van der Waals surface area contributed by atoms with Crippen LogP contribution in [0.15, 0.2) is 24.3 Å². The average Bonchev–Trinajstić information content (AvgIpc) is 2.26. The normalized spacial score (nSPS) is 16.2. The fourth-order valence-corrected chi connectivity index (χ4v) is 1.87. The Labute approximate surface area is 106 Å². The van der Waals surface area contributed by atoms with Crippen LogP contribution in [0.2, 0.25) is 0 Å². The van der Waals surface area contributed by atoms with E-state index < -0.39 is 29.0 Å². The molecule has 0 fully saturated rings. The first-order chi connectivity index (χ1) is 8.54. The lowest BCUT2D eigenvalue weighted by Gasteiger charge is -2.35. The highest BCUT2D eigenvalue weighted by atomic mass is 19.4. The molecule has 0 saturated carbocycles. The first-order valence-electron chi connectivity index (χ1n) is 5.52. The van der Waals surface area contributed by atoms with E-state index in [4.69, 9.17) is 0 Å². The van der Waals surface area contributed by atoms with Gasteiger partial charge in [-0.2, -0.15) is 26.3 Å². The molecule has 0 radical (unpaired) electrons. The van der Waals surface area contributed by atoms with Crippen molar-refractivity contribution in [3.05, 3.63) is 35.4 Å². The lowest BCUT2D eigenvalue weighted by atomic mass is 9.87. The number of alkyl halides is 6. The maximum absolute atomic E-state index is 13.1. The maximum atomic E-state index is 13.1. The van der Waals surface area contributed by atoms with Crippen molar-refractivity contribution in [1.82, 2.24) is 5.32 Å². The molecule has 1 unspecified atom stereocenters. The number of halogens is 6. The van der Waals surface area contributed by atoms with Gasteiger partial charge in [-0.1, -0.05) is 25.1 Å². The van der Waals surface area contributed by atoms with Gasteiger partial charge in [0.15, 0.2) is 0 Å². The lowest BCUT2D eigenvalue weighted by molar-refractivity contribution is -0.198. The van der Waals surface area contributed by atoms with Gasteiger partial charge in [0.05, 0.1) is 5.56 Å². The smallest absolute Gasteiger partial charge is 0.300 e. The highest BCUT2D eigenvalue weighted by Crippen LogP contribution is 2.44. The summed E-state index contributed by atoms with van der Waals surface area (Å²) in [6.07, 6.45) is -9.68. The molecule has 1 nitrogen and oxygen atoms in total. The fourth-order valence-electron chi connectivity index (χ4n) is 1.87. The summed E-state index contributed by atoms with van der Waals surface area (Å²) in [5.41, 5.74) is -4.85. The summed E-state index contributed by atoms with van der Waals surface area (Å²) in [7, 11) is 0. The molecule has 1 aromatic carbocycles. The molecule has 1 aromatic rings. The minimum absolute atomic E-state index is 0.109. The Bertz CT molecular complexity index is 437. The van der Waals surface area contributed by atoms with Gasteiger partial charge in [0.25, 0.3) is 0 Å². The number of benzene rings is 1. The number of hydrogen-bond donors (Lipinski definition) is 1. The van der Waals surface area contributed by atoms with Crippen molar-refractivity contribution in [1.29, 1.82) is 0 Å². The average molecular weight is 285 g/mol. The first kappa shape index (κ1) is 15.8. The molecular weight excluding hydrogens is 272 g/mol. The lowest BCUT2D eigenvalue weighted by Crippen LogP contribution is -2.52. The van der Waals surface area contributed by atoms with Gasteiger partial charge in [0.2, 0.25) is 0 Å². The number of nitrogens with one attached hydrogen (secondary N) is 1. The van der Waals surface area contributed by atoms with E-state index in [-0.39, 0.29) is 6.54 Å². The Hall–Kier alpha value is -1.24. The zero-order chi connectivity index (χ0) is 14.9. The van der Waals surface area contributed by atoms with Crippen molar-refractivity contribution in [2.45, 2.75) is 31.7 Å². The van der Waals surface area contributed by atoms with Gasteiger partial charge in [-0.3, -0.25) is 0 Å². The third kappa shape index (κ3) is 3.02. The summed E-state index contributed by atoms with van der Waals surface area (Å²) < 4.78 is 77.8. The molecule has 0 saturated heterocycles. The zero-order valence-electron chi connectivity index (χ0n) is 10.3. The highest BCUT2D eigenvalue weighted by molar-refractivity contribution is 5.36. The molecule has 0 aliphatic rings. The van der Waals surface area contributed by atoms with Crippen LogP contribution in [0.5, 0.6) is 0 Å². The standard InChI is InChI=1S/C12H13F6N/c1-3-19-10(2,12(16,17)18)8-6-4-5-7-9(8)11(13,14)15/h4-7,19H,3H2,1-2H3. The van der Waals surface area contributed by atoms with Crippen LogP contribution >= 0.6 is 0 Å². The minimum atomic E-state index is -4.84. The van der Waals surface area contributed by atoms with E-state index in [1.54, 1.807) is 0 Å². The van der Waals surface area contributed by atoms with Crippen molar-refractivity contribution in [3.63, 3.8) is 0 Å². The van der Waals surface area contributed by atoms with Crippen LogP contribution in [-0.2, 0) is 11.7 Å². The van der Waals surface area contributed by atoms with Gasteiger partial charge in [0.1, 0.15) is 5.54 Å². The molecule has 0 aromatic heterocycles. The van der Waals surface area contributed by atoms with Crippen LogP contribution < -0.4 is 5.32 Å². The molecule has 1 atom stereocenters. The van der Waals surface area contributed by atoms with Crippen molar-refractivity contribution in [2.75, 3.05) is 6.54 Å². The van der Waals surface area contributed by atoms with Crippen LogP contribution in [0.4, 0.5) is 26.3 Å². The van der Waals surface area contributed by atoms with Crippen molar-refractivity contribution < 1.29 is 26.3 Å². The van der Waals surface area contributed by atoms with Crippen molar-refractivity contribution in [3.8, 4) is 0 Å². The van der Waals surface area contributed by atoms with Gasteiger partial charge < -0.3 is 5.32 Å². The second kappa shape index (κ2) is 5.03. The van der Waals surface area contributed by atoms with Crippen molar-refractivity contribution >= 4 is 0 Å². The Kier molecular flexibility index (Phi) is 4.19. The molecule has 0 amide bonds. The van der Waals surface area contributed by atoms with Crippen LogP contribution in [0.3, 0.4) is 0 Å². The van der Waals surface area contributed by atoms with E-state index in [0.717, 1.165) is 18.2 Å². The molecule has 1 rings (SSSR count). The maximum Gasteiger partial charge on any atom is 0.416 e. The van der Waals surface area contributed by atoms with Gasteiger partial charge in [-0.25, -0.2) is 0 Å². The Morgan fingerprint density at radius 3 is 1.79 bits per heavy atom. The van der Waals surface area contributed by atoms with E-state index in [9.17, 15) is 26.3 Å². The zero-order valence-corrected chi connectivity index (χ0v) is 10.3. The van der Waals surface area contributed by atoms with E-state index in [1.807, 2.05) is 0 Å². The van der Waals surface area contributed by atoms with Crippen LogP contribution in [0, 0.1) is 0 Å². The molecular formula is C12H13F6N. The van der Waals surface area contributed by atoms with Crippen LogP contribution in [0.25, 0.3) is 0 Å². The predicted octanol–water partition coefficient (Wildman–Crippen LogP) is 4.09. The van der Waals surface area contributed by atoms with E-state index in [2.05, 4.69) is 5.32 Å². The van der Waals surface area contributed by atoms with Gasteiger partial charge >= 0.3 is 12.4 Å². The summed E-state index contributed by atoms with van der Waals surface area (Å²) >= 11 is 0. The first-order valence-corrected chi connectivity index (χ1v) is 5.52. The number of hydrogen-bond acceptors (Lipinski definition) is 1. The van der Waals surface area contributed by atoms with Gasteiger partial charge in [-0.15, -0.1) is 0 Å². The van der Waals surface area contributed by atoms with E-state index >= 15 is 0 Å². The van der Waals surface area contributed by atoms with Crippen LogP contribution in [0.1, 0.15) is 25.0 Å². The molecule has 108 valence electrons. The molecule has 19 heavy (non-hydrogen) atoms. The summed E-state index contributed by atoms with van der Waals surface area (Å²) in [5, 5.41) is 2.10. The number of rotatable bonds is 3. The molecule has 7 heteroatoms. The largest absolute Gasteiger partial charge is 0.416 e. The SMILES string of the molecule is CCNC(C)(c1ccccc1C(F)(F)F)C(F)(F)F. The predicted molar refractivity (Wildman–Crippen MR) is 58.5 cm³/mol. The highest BCUT2D eigenvalue weighted by Gasteiger charge is 2.54. The fraction of sp³-hybridized carbons (Fsp3) is 0.500. The second-order valence-corrected chi connectivity index (χ2v) is 4.20. The summed E-state index contributed by atoms with van der Waals surface area (Å²) in [6.45, 7) is 2.00. The molecule has 1 N–H and O–H groups in total. The van der Waals surface area contributed by atoms with Gasteiger partial charge in [0, 0.05) is 0 Å². The molecule has 0 aliphatic heterocycles.